The number of rotatable bonds is 4. The van der Waals surface area contributed by atoms with Crippen LogP contribution in [0.4, 0.5) is 10.6 Å². The lowest BCUT2D eigenvalue weighted by Crippen LogP contribution is -2.39. The standard InChI is InChI=1S/C24H28Cl2N6O2/c1-14(17-7-6-16(25)12-18(17)26)27-22-20-19(13-31(5)30-20)28-21(29-22)15-8-10-32(11-9-15)23(33)34-24(2,3)4/h6-8,12-14H,9-11H2,1-5H3,(H,27,28,29)/t14-/m1/s1. The molecule has 10 heteroatoms. The zero-order chi connectivity index (χ0) is 24.6. The van der Waals surface area contributed by atoms with Gasteiger partial charge in [0.25, 0.3) is 0 Å². The number of hydrogen-bond donors (Lipinski definition) is 1. The zero-order valence-corrected chi connectivity index (χ0v) is 21.4. The van der Waals surface area contributed by atoms with Gasteiger partial charge in [0.15, 0.2) is 17.2 Å². The number of halogens is 2. The minimum absolute atomic E-state index is 0.138. The molecule has 1 aromatic carbocycles. The largest absolute Gasteiger partial charge is 0.444 e. The Hall–Kier alpha value is -2.84. The highest BCUT2D eigenvalue weighted by Gasteiger charge is 2.25. The van der Waals surface area contributed by atoms with E-state index >= 15 is 0 Å². The predicted molar refractivity (Wildman–Crippen MR) is 135 cm³/mol. The first-order valence-electron chi connectivity index (χ1n) is 11.1. The molecule has 8 nitrogen and oxygen atoms in total. The molecule has 1 amide bonds. The van der Waals surface area contributed by atoms with Crippen LogP contribution in [0.25, 0.3) is 16.6 Å². The quantitative estimate of drug-likeness (QED) is 0.480. The highest BCUT2D eigenvalue weighted by Crippen LogP contribution is 2.31. The third-order valence-corrected chi connectivity index (χ3v) is 5.97. The van der Waals surface area contributed by atoms with Crippen molar-refractivity contribution in [1.29, 1.82) is 0 Å². The molecule has 34 heavy (non-hydrogen) atoms. The predicted octanol–water partition coefficient (Wildman–Crippen LogP) is 5.87. The van der Waals surface area contributed by atoms with Gasteiger partial charge in [0.2, 0.25) is 0 Å². The van der Waals surface area contributed by atoms with Crippen molar-refractivity contribution < 1.29 is 9.53 Å². The smallest absolute Gasteiger partial charge is 0.410 e. The van der Waals surface area contributed by atoms with E-state index in [1.165, 1.54) is 0 Å². The fourth-order valence-corrected chi connectivity index (χ4v) is 4.34. The Morgan fingerprint density at radius 2 is 2.00 bits per heavy atom. The molecule has 0 radical (unpaired) electrons. The fourth-order valence-electron chi connectivity index (χ4n) is 3.77. The van der Waals surface area contributed by atoms with Crippen LogP contribution in [0.5, 0.6) is 0 Å². The number of nitrogens with zero attached hydrogens (tertiary/aromatic N) is 5. The first-order chi connectivity index (χ1) is 16.0. The van der Waals surface area contributed by atoms with Crippen LogP contribution in [-0.2, 0) is 11.8 Å². The molecule has 3 aromatic rings. The lowest BCUT2D eigenvalue weighted by molar-refractivity contribution is 0.0270. The molecule has 0 unspecified atom stereocenters. The van der Waals surface area contributed by atoms with E-state index in [-0.39, 0.29) is 12.1 Å². The van der Waals surface area contributed by atoms with E-state index in [2.05, 4.69) is 10.4 Å². The van der Waals surface area contributed by atoms with Gasteiger partial charge in [0.1, 0.15) is 11.1 Å². The van der Waals surface area contributed by atoms with Gasteiger partial charge >= 0.3 is 6.09 Å². The molecule has 0 aliphatic carbocycles. The summed E-state index contributed by atoms with van der Waals surface area (Å²) in [7, 11) is 1.85. The molecule has 0 saturated heterocycles. The van der Waals surface area contributed by atoms with Gasteiger partial charge in [-0.25, -0.2) is 14.8 Å². The fraction of sp³-hybridized carbons (Fsp3) is 0.417. The van der Waals surface area contributed by atoms with Gasteiger partial charge in [0.05, 0.1) is 12.2 Å². The first-order valence-corrected chi connectivity index (χ1v) is 11.9. The average Bonchev–Trinajstić information content (AvgIpc) is 3.13. The van der Waals surface area contributed by atoms with Crippen molar-refractivity contribution >= 4 is 51.7 Å². The van der Waals surface area contributed by atoms with E-state index in [9.17, 15) is 4.79 Å². The molecule has 1 aliphatic heterocycles. The van der Waals surface area contributed by atoms with Crippen LogP contribution in [-0.4, -0.2) is 49.4 Å². The summed E-state index contributed by atoms with van der Waals surface area (Å²) in [4.78, 5) is 23.6. The molecule has 0 saturated carbocycles. The Kier molecular flexibility index (Phi) is 6.73. The summed E-state index contributed by atoms with van der Waals surface area (Å²) in [5.41, 5.74) is 2.76. The third kappa shape index (κ3) is 5.45. The van der Waals surface area contributed by atoms with Crippen molar-refractivity contribution in [3.8, 4) is 0 Å². The summed E-state index contributed by atoms with van der Waals surface area (Å²) < 4.78 is 7.20. The summed E-state index contributed by atoms with van der Waals surface area (Å²) in [5.74, 6) is 1.23. The molecule has 180 valence electrons. The maximum absolute atomic E-state index is 12.4. The number of hydrogen-bond acceptors (Lipinski definition) is 6. The van der Waals surface area contributed by atoms with Crippen LogP contribution in [0.3, 0.4) is 0 Å². The summed E-state index contributed by atoms with van der Waals surface area (Å²) >= 11 is 12.5. The Morgan fingerprint density at radius 1 is 1.24 bits per heavy atom. The third-order valence-electron chi connectivity index (χ3n) is 5.41. The van der Waals surface area contributed by atoms with Gasteiger partial charge in [-0.2, -0.15) is 5.10 Å². The zero-order valence-electron chi connectivity index (χ0n) is 19.9. The summed E-state index contributed by atoms with van der Waals surface area (Å²) in [5, 5.41) is 9.14. The van der Waals surface area contributed by atoms with Gasteiger partial charge < -0.3 is 15.0 Å². The minimum Gasteiger partial charge on any atom is -0.444 e. The minimum atomic E-state index is -0.528. The average molecular weight is 503 g/mol. The molecular weight excluding hydrogens is 475 g/mol. The highest BCUT2D eigenvalue weighted by atomic mass is 35.5. The normalized spacial score (nSPS) is 15.3. The van der Waals surface area contributed by atoms with Crippen molar-refractivity contribution in [1.82, 2.24) is 24.6 Å². The van der Waals surface area contributed by atoms with E-state index in [0.717, 1.165) is 16.7 Å². The summed E-state index contributed by atoms with van der Waals surface area (Å²) in [6.45, 7) is 8.57. The summed E-state index contributed by atoms with van der Waals surface area (Å²) in [6.07, 6.45) is 4.15. The SMILES string of the molecule is C[C@@H](Nc1nc(C2=CCN(C(=O)OC(C)(C)C)CC2)nc2cn(C)nc12)c1ccc(Cl)cc1Cl. The summed E-state index contributed by atoms with van der Waals surface area (Å²) in [6, 6.07) is 5.29. The lowest BCUT2D eigenvalue weighted by atomic mass is 10.1. The monoisotopic (exact) mass is 502 g/mol. The van der Waals surface area contributed by atoms with E-state index < -0.39 is 5.60 Å². The van der Waals surface area contributed by atoms with Crippen LogP contribution >= 0.6 is 23.2 Å². The van der Waals surface area contributed by atoms with Gasteiger partial charge in [0, 0.05) is 30.2 Å². The Bertz CT molecular complexity index is 1260. The van der Waals surface area contributed by atoms with Gasteiger partial charge in [-0.1, -0.05) is 35.3 Å². The molecule has 0 spiro atoms. The maximum atomic E-state index is 12.4. The molecule has 0 bridgehead atoms. The van der Waals surface area contributed by atoms with Crippen LogP contribution in [0, 0.1) is 0 Å². The number of aromatic nitrogens is 4. The molecular formula is C24H28Cl2N6O2. The van der Waals surface area contributed by atoms with Crippen molar-refractivity contribution in [3.05, 3.63) is 51.9 Å². The molecule has 0 fully saturated rings. The highest BCUT2D eigenvalue weighted by molar-refractivity contribution is 6.35. The van der Waals surface area contributed by atoms with Crippen molar-refractivity contribution in [2.45, 2.75) is 45.8 Å². The molecule has 1 atom stereocenters. The van der Waals surface area contributed by atoms with Crippen LogP contribution in [0.1, 0.15) is 51.5 Å². The first kappa shape index (κ1) is 24.3. The lowest BCUT2D eigenvalue weighted by Gasteiger charge is -2.29. The van der Waals surface area contributed by atoms with Gasteiger partial charge in [-0.05, 0) is 57.4 Å². The van der Waals surface area contributed by atoms with Crippen molar-refractivity contribution in [2.75, 3.05) is 18.4 Å². The second-order valence-corrected chi connectivity index (χ2v) is 10.2. The Labute approximate surface area is 208 Å². The number of aryl methyl sites for hydroxylation is 1. The van der Waals surface area contributed by atoms with E-state index in [0.29, 0.717) is 46.7 Å². The van der Waals surface area contributed by atoms with E-state index in [4.69, 9.17) is 37.9 Å². The molecule has 1 N–H and O–H groups in total. The van der Waals surface area contributed by atoms with E-state index in [1.807, 2.05) is 59.1 Å². The molecule has 4 rings (SSSR count). The molecule has 3 heterocycles. The number of anilines is 1. The van der Waals surface area contributed by atoms with Gasteiger partial charge in [-0.3, -0.25) is 4.68 Å². The Balaban J connectivity index is 1.61. The molecule has 1 aliphatic rings. The van der Waals surface area contributed by atoms with Crippen molar-refractivity contribution in [2.24, 2.45) is 7.05 Å². The van der Waals surface area contributed by atoms with Crippen LogP contribution in [0.2, 0.25) is 10.0 Å². The number of carbonyl (C=O) groups excluding carboxylic acids is 1. The van der Waals surface area contributed by atoms with E-state index in [1.54, 1.807) is 15.6 Å². The Morgan fingerprint density at radius 3 is 2.65 bits per heavy atom. The second-order valence-electron chi connectivity index (χ2n) is 9.37. The van der Waals surface area contributed by atoms with Crippen LogP contribution < -0.4 is 5.32 Å². The number of ether oxygens (including phenoxy) is 1. The molecule has 2 aromatic heterocycles. The van der Waals surface area contributed by atoms with Gasteiger partial charge in [-0.15, -0.1) is 0 Å². The maximum Gasteiger partial charge on any atom is 0.410 e. The topological polar surface area (TPSA) is 85.2 Å². The number of carbonyl (C=O) groups is 1. The number of benzene rings is 1. The number of fused-ring (bicyclic) bond motifs is 1. The number of amides is 1. The van der Waals surface area contributed by atoms with Crippen LogP contribution in [0.15, 0.2) is 30.5 Å². The number of nitrogens with one attached hydrogen (secondary N) is 1. The van der Waals surface area contributed by atoms with Crippen molar-refractivity contribution in [3.63, 3.8) is 0 Å². The second kappa shape index (κ2) is 9.43.